The van der Waals surface area contributed by atoms with Gasteiger partial charge < -0.3 is 4.90 Å². The van der Waals surface area contributed by atoms with Crippen LogP contribution in [0.2, 0.25) is 0 Å². The summed E-state index contributed by atoms with van der Waals surface area (Å²) in [6.07, 6.45) is 7.26. The number of amides is 1. The molecule has 1 aromatic carbocycles. The lowest BCUT2D eigenvalue weighted by Gasteiger charge is -2.28. The summed E-state index contributed by atoms with van der Waals surface area (Å²) >= 11 is 0. The van der Waals surface area contributed by atoms with E-state index >= 15 is 0 Å². The summed E-state index contributed by atoms with van der Waals surface area (Å²) in [5.74, 6) is 1.01. The molecule has 3 heterocycles. The third-order valence-electron chi connectivity index (χ3n) is 5.23. The van der Waals surface area contributed by atoms with Crippen LogP contribution in [0.4, 0.5) is 0 Å². The van der Waals surface area contributed by atoms with Crippen molar-refractivity contribution in [3.05, 3.63) is 42.2 Å². The van der Waals surface area contributed by atoms with Crippen LogP contribution in [0, 0.1) is 0 Å². The number of hydrogen-bond acceptors (Lipinski definition) is 4. The summed E-state index contributed by atoms with van der Waals surface area (Å²) in [7, 11) is 1.87. The highest BCUT2D eigenvalue weighted by Crippen LogP contribution is 2.25. The number of aromatic nitrogens is 3. The van der Waals surface area contributed by atoms with Crippen molar-refractivity contribution < 1.29 is 4.79 Å². The molecule has 0 radical (unpaired) electrons. The number of rotatable bonds is 4. The van der Waals surface area contributed by atoms with E-state index in [1.807, 2.05) is 11.9 Å². The van der Waals surface area contributed by atoms with Crippen LogP contribution in [0.5, 0.6) is 0 Å². The fourth-order valence-electron chi connectivity index (χ4n) is 3.69. The van der Waals surface area contributed by atoms with Crippen LogP contribution in [-0.2, 0) is 11.8 Å². The molecule has 2 aliphatic heterocycles. The number of nitrogens with zero attached hydrogens (tertiary/aromatic N) is 5. The van der Waals surface area contributed by atoms with Gasteiger partial charge in [-0.15, -0.1) is 0 Å². The molecule has 0 N–H and O–H groups in total. The molecule has 4 rings (SSSR count). The van der Waals surface area contributed by atoms with Gasteiger partial charge in [-0.05, 0) is 43.5 Å². The first kappa shape index (κ1) is 17.0. The van der Waals surface area contributed by atoms with E-state index in [2.05, 4.69) is 45.3 Å². The van der Waals surface area contributed by atoms with Crippen LogP contribution < -0.4 is 0 Å². The van der Waals surface area contributed by atoms with Gasteiger partial charge in [0, 0.05) is 25.7 Å². The van der Waals surface area contributed by atoms with Crippen LogP contribution in [0.15, 0.2) is 36.7 Å². The van der Waals surface area contributed by atoms with Crippen molar-refractivity contribution >= 4 is 11.5 Å². The molecule has 136 valence electrons. The molecule has 26 heavy (non-hydrogen) atoms. The third-order valence-corrected chi connectivity index (χ3v) is 5.23. The molecule has 0 aliphatic carbocycles. The highest BCUT2D eigenvalue weighted by atomic mass is 16.2. The molecular weight excluding hydrogens is 326 g/mol. The van der Waals surface area contributed by atoms with Crippen LogP contribution in [-0.4, -0.2) is 63.2 Å². The largest absolute Gasteiger partial charge is 0.338 e. The van der Waals surface area contributed by atoms with E-state index in [0.717, 1.165) is 37.4 Å². The maximum absolute atomic E-state index is 12.4. The van der Waals surface area contributed by atoms with E-state index < -0.39 is 0 Å². The van der Waals surface area contributed by atoms with Gasteiger partial charge in [0.05, 0.1) is 6.54 Å². The Hall–Kier alpha value is -2.47. The fraction of sp³-hybridized carbons (Fsp3) is 0.450. The Kier molecular flexibility index (Phi) is 4.84. The molecular formula is C20H25N5O. The summed E-state index contributed by atoms with van der Waals surface area (Å²) in [6, 6.07) is 8.38. The second-order valence-corrected chi connectivity index (χ2v) is 7.12. The summed E-state index contributed by atoms with van der Waals surface area (Å²) in [5.41, 5.74) is 3.56. The van der Waals surface area contributed by atoms with Crippen LogP contribution in [0.1, 0.15) is 24.8 Å². The van der Waals surface area contributed by atoms with Crippen molar-refractivity contribution in [3.63, 3.8) is 0 Å². The van der Waals surface area contributed by atoms with E-state index in [4.69, 9.17) is 0 Å². The lowest BCUT2D eigenvalue weighted by Crippen LogP contribution is -2.41. The van der Waals surface area contributed by atoms with Gasteiger partial charge in [-0.2, -0.15) is 5.10 Å². The van der Waals surface area contributed by atoms with E-state index in [1.54, 1.807) is 11.0 Å². The molecule has 0 bridgehead atoms. The number of carbonyl (C=O) groups excluding carboxylic acids is 1. The third kappa shape index (κ3) is 3.70. The zero-order valence-electron chi connectivity index (χ0n) is 15.3. The standard InChI is InChI=1S/C20H25N5O/c1-23-15-21-20(22-23)18-6-4-16(5-7-18)17-8-12-25(13-9-17)19(26)14-24-10-2-3-11-24/h4-8,15H,2-3,9-14H2,1H3. The minimum atomic E-state index is 0.263. The average Bonchev–Trinajstić information content (AvgIpc) is 3.34. The number of aryl methyl sites for hydroxylation is 1. The Morgan fingerprint density at radius 3 is 2.42 bits per heavy atom. The first-order chi connectivity index (χ1) is 12.7. The molecule has 6 nitrogen and oxygen atoms in total. The number of benzene rings is 1. The Bertz CT molecular complexity index is 802. The molecule has 0 atom stereocenters. The number of hydrogen-bond donors (Lipinski definition) is 0. The first-order valence-corrected chi connectivity index (χ1v) is 9.35. The van der Waals surface area contributed by atoms with Gasteiger partial charge in [0.25, 0.3) is 0 Å². The van der Waals surface area contributed by atoms with Crippen molar-refractivity contribution in [2.24, 2.45) is 7.05 Å². The smallest absolute Gasteiger partial charge is 0.237 e. The van der Waals surface area contributed by atoms with Gasteiger partial charge >= 0.3 is 0 Å². The second kappa shape index (κ2) is 7.41. The Labute approximate surface area is 154 Å². The molecule has 0 unspecified atom stereocenters. The second-order valence-electron chi connectivity index (χ2n) is 7.12. The van der Waals surface area contributed by atoms with E-state index in [1.165, 1.54) is 24.0 Å². The van der Waals surface area contributed by atoms with Gasteiger partial charge in [0.15, 0.2) is 5.82 Å². The predicted molar refractivity (Wildman–Crippen MR) is 101 cm³/mol. The first-order valence-electron chi connectivity index (χ1n) is 9.35. The van der Waals surface area contributed by atoms with Crippen LogP contribution in [0.3, 0.4) is 0 Å². The molecule has 0 saturated carbocycles. The molecule has 1 fully saturated rings. The van der Waals surface area contributed by atoms with E-state index in [0.29, 0.717) is 13.1 Å². The van der Waals surface area contributed by atoms with Gasteiger partial charge in [0.2, 0.25) is 5.91 Å². The average molecular weight is 351 g/mol. The summed E-state index contributed by atoms with van der Waals surface area (Å²) < 4.78 is 1.71. The maximum atomic E-state index is 12.4. The van der Waals surface area contributed by atoms with E-state index in [9.17, 15) is 4.79 Å². The predicted octanol–water partition coefficient (Wildman–Crippen LogP) is 2.19. The molecule has 2 aliphatic rings. The van der Waals surface area contributed by atoms with Gasteiger partial charge in [-0.25, -0.2) is 4.98 Å². The van der Waals surface area contributed by atoms with Crippen molar-refractivity contribution in [3.8, 4) is 11.4 Å². The van der Waals surface area contributed by atoms with Gasteiger partial charge in [-0.3, -0.25) is 14.4 Å². The zero-order valence-corrected chi connectivity index (χ0v) is 15.3. The summed E-state index contributed by atoms with van der Waals surface area (Å²) in [4.78, 5) is 21.0. The van der Waals surface area contributed by atoms with E-state index in [-0.39, 0.29) is 5.91 Å². The highest BCUT2D eigenvalue weighted by Gasteiger charge is 2.21. The maximum Gasteiger partial charge on any atom is 0.237 e. The molecule has 1 amide bonds. The summed E-state index contributed by atoms with van der Waals surface area (Å²) in [6.45, 7) is 4.23. The topological polar surface area (TPSA) is 54.3 Å². The lowest BCUT2D eigenvalue weighted by atomic mass is 9.98. The zero-order chi connectivity index (χ0) is 17.9. The Balaban J connectivity index is 1.38. The van der Waals surface area contributed by atoms with Gasteiger partial charge in [-0.1, -0.05) is 30.3 Å². The van der Waals surface area contributed by atoms with Crippen LogP contribution in [0.25, 0.3) is 17.0 Å². The monoisotopic (exact) mass is 351 g/mol. The summed E-state index contributed by atoms with van der Waals surface area (Å²) in [5, 5.41) is 4.34. The molecule has 1 saturated heterocycles. The number of likely N-dealkylation sites (tertiary alicyclic amines) is 1. The highest BCUT2D eigenvalue weighted by molar-refractivity contribution is 5.80. The van der Waals surface area contributed by atoms with Crippen molar-refractivity contribution in [2.45, 2.75) is 19.3 Å². The van der Waals surface area contributed by atoms with Crippen molar-refractivity contribution in [2.75, 3.05) is 32.7 Å². The fourth-order valence-corrected chi connectivity index (χ4v) is 3.69. The minimum absolute atomic E-state index is 0.263. The lowest BCUT2D eigenvalue weighted by molar-refractivity contribution is -0.131. The Morgan fingerprint density at radius 2 is 1.81 bits per heavy atom. The molecule has 0 spiro atoms. The minimum Gasteiger partial charge on any atom is -0.338 e. The number of carbonyl (C=O) groups is 1. The van der Waals surface area contributed by atoms with Crippen molar-refractivity contribution in [1.29, 1.82) is 0 Å². The molecule has 2 aromatic rings. The molecule has 6 heteroatoms. The quantitative estimate of drug-likeness (QED) is 0.847. The Morgan fingerprint density at radius 1 is 1.08 bits per heavy atom. The SMILES string of the molecule is Cn1cnc(-c2ccc(C3=CCN(C(=O)CN4CCCC4)CC3)cc2)n1. The van der Waals surface area contributed by atoms with Gasteiger partial charge in [0.1, 0.15) is 6.33 Å². The molecule has 1 aromatic heterocycles. The van der Waals surface area contributed by atoms with Crippen molar-refractivity contribution in [1.82, 2.24) is 24.6 Å². The van der Waals surface area contributed by atoms with Crippen LogP contribution >= 0.6 is 0 Å². The normalized spacial score (nSPS) is 18.2.